The molecule has 1 atom stereocenters. The average molecular weight is 508 g/mol. The fraction of sp³-hybridized carbons (Fsp3) is 0.385. The van der Waals surface area contributed by atoms with E-state index in [0.717, 1.165) is 32.2 Å². The highest BCUT2D eigenvalue weighted by Crippen LogP contribution is 2.34. The van der Waals surface area contributed by atoms with Gasteiger partial charge in [0, 0.05) is 42.3 Å². The largest absolute Gasteiger partial charge is 0.349 e. The van der Waals surface area contributed by atoms with Crippen LogP contribution in [0, 0.1) is 12.4 Å². The summed E-state index contributed by atoms with van der Waals surface area (Å²) in [4.78, 5) is 29.8. The van der Waals surface area contributed by atoms with Gasteiger partial charge in [0.15, 0.2) is 0 Å². The molecule has 2 aliphatic rings. The monoisotopic (exact) mass is 507 g/mol. The van der Waals surface area contributed by atoms with Gasteiger partial charge in [-0.15, -0.1) is 0 Å². The number of piperidine rings is 1. The molecule has 3 aromatic rings. The summed E-state index contributed by atoms with van der Waals surface area (Å²) in [6.07, 6.45) is 3.55. The molecule has 2 saturated heterocycles. The minimum absolute atomic E-state index is 0.0703. The van der Waals surface area contributed by atoms with E-state index in [4.69, 9.17) is 28.1 Å². The van der Waals surface area contributed by atoms with E-state index in [0.29, 0.717) is 52.2 Å². The van der Waals surface area contributed by atoms with Crippen molar-refractivity contribution >= 4 is 51.6 Å². The molecule has 0 bridgehead atoms. The van der Waals surface area contributed by atoms with Crippen LogP contribution < -0.4 is 15.5 Å². The number of hydrogen-bond acceptors (Lipinski definition) is 6. The minimum Gasteiger partial charge on any atom is -0.349 e. The first kappa shape index (κ1) is 24.2. The third-order valence-electron chi connectivity index (χ3n) is 6.98. The Morgan fingerprint density at radius 3 is 2.75 bits per heavy atom. The molecule has 2 aliphatic heterocycles. The number of carbonyl (C=O) groups is 1. The van der Waals surface area contributed by atoms with Gasteiger partial charge in [0.2, 0.25) is 17.5 Å². The zero-order valence-electron chi connectivity index (χ0n) is 20.0. The molecule has 10 heteroatoms. The van der Waals surface area contributed by atoms with E-state index in [1.54, 1.807) is 24.3 Å². The van der Waals surface area contributed by atoms with Crippen molar-refractivity contribution in [2.75, 3.05) is 36.9 Å². The van der Waals surface area contributed by atoms with E-state index in [2.05, 4.69) is 20.4 Å². The number of nitrogens with zero attached hydrogens (tertiary/aromatic N) is 5. The maximum Gasteiger partial charge on any atom is 0.239 e. The minimum atomic E-state index is -0.395. The summed E-state index contributed by atoms with van der Waals surface area (Å²) in [6.45, 7) is 9.77. The lowest BCUT2D eigenvalue weighted by atomic mass is 10.0. The number of aromatic nitrogens is 2. The highest BCUT2D eigenvalue weighted by Gasteiger charge is 2.31. The number of anilines is 3. The van der Waals surface area contributed by atoms with Crippen LogP contribution in [0.1, 0.15) is 25.7 Å². The van der Waals surface area contributed by atoms with Crippen LogP contribution in [0.5, 0.6) is 0 Å². The molecular formula is C26H27ClFN7O. The highest BCUT2D eigenvalue weighted by molar-refractivity contribution is 6.31. The van der Waals surface area contributed by atoms with Crippen molar-refractivity contribution in [2.24, 2.45) is 0 Å². The van der Waals surface area contributed by atoms with Gasteiger partial charge >= 0.3 is 0 Å². The van der Waals surface area contributed by atoms with Gasteiger partial charge in [-0.2, -0.15) is 4.98 Å². The number of rotatable bonds is 5. The normalized spacial score (nSPS) is 18.3. The number of likely N-dealkylation sites (N-methyl/N-ethyl adjacent to an activating group) is 1. The Kier molecular flexibility index (Phi) is 6.90. The smallest absolute Gasteiger partial charge is 0.239 e. The lowest BCUT2D eigenvalue weighted by Crippen LogP contribution is -2.50. The maximum absolute atomic E-state index is 14.1. The molecule has 36 heavy (non-hydrogen) atoms. The molecule has 2 fully saturated rings. The van der Waals surface area contributed by atoms with Crippen molar-refractivity contribution in [3.63, 3.8) is 0 Å². The van der Waals surface area contributed by atoms with Gasteiger partial charge in [0.05, 0.1) is 18.1 Å². The lowest BCUT2D eigenvalue weighted by Gasteiger charge is -2.37. The summed E-state index contributed by atoms with van der Waals surface area (Å²) in [7, 11) is 1.90. The predicted molar refractivity (Wildman–Crippen MR) is 140 cm³/mol. The molecule has 1 unspecified atom stereocenters. The van der Waals surface area contributed by atoms with E-state index in [1.165, 1.54) is 12.1 Å². The van der Waals surface area contributed by atoms with Crippen LogP contribution in [-0.4, -0.2) is 59.5 Å². The molecule has 3 heterocycles. The Balaban J connectivity index is 1.38. The SMILES string of the molecule is [C-]#[N+]c1cc(Cl)ccc1Nc1nc(N2CCC(N(C)C(=O)C3CCCN3)CC2)nc2ccc(F)cc12. The molecule has 0 radical (unpaired) electrons. The molecule has 0 aliphatic carbocycles. The Bertz CT molecular complexity index is 1330. The Hall–Kier alpha value is -3.48. The first-order valence-electron chi connectivity index (χ1n) is 12.1. The topological polar surface area (TPSA) is 77.8 Å². The van der Waals surface area contributed by atoms with Crippen molar-refractivity contribution < 1.29 is 9.18 Å². The van der Waals surface area contributed by atoms with Gasteiger partial charge in [-0.05, 0) is 68.6 Å². The molecule has 186 valence electrons. The van der Waals surface area contributed by atoms with Crippen molar-refractivity contribution in [1.29, 1.82) is 0 Å². The zero-order valence-corrected chi connectivity index (χ0v) is 20.7. The molecule has 0 saturated carbocycles. The predicted octanol–water partition coefficient (Wildman–Crippen LogP) is 4.90. The second-order valence-electron chi connectivity index (χ2n) is 9.25. The molecular weight excluding hydrogens is 481 g/mol. The number of benzene rings is 2. The molecule has 5 rings (SSSR count). The van der Waals surface area contributed by atoms with Crippen LogP contribution >= 0.6 is 11.6 Å². The number of halogens is 2. The van der Waals surface area contributed by atoms with Crippen molar-refractivity contribution in [2.45, 2.75) is 37.8 Å². The van der Waals surface area contributed by atoms with Crippen LogP contribution in [0.25, 0.3) is 15.7 Å². The number of hydrogen-bond donors (Lipinski definition) is 2. The summed E-state index contributed by atoms with van der Waals surface area (Å²) < 4.78 is 14.1. The molecule has 1 aromatic heterocycles. The first-order chi connectivity index (χ1) is 17.4. The van der Waals surface area contributed by atoms with Gasteiger partial charge < -0.3 is 20.4 Å². The molecule has 1 amide bonds. The van der Waals surface area contributed by atoms with Crippen LogP contribution in [0.15, 0.2) is 36.4 Å². The number of carbonyl (C=O) groups excluding carboxylic acids is 1. The van der Waals surface area contributed by atoms with E-state index < -0.39 is 5.82 Å². The quantitative estimate of drug-likeness (QED) is 0.478. The Morgan fingerprint density at radius 2 is 2.03 bits per heavy atom. The third kappa shape index (κ3) is 4.92. The van der Waals surface area contributed by atoms with Gasteiger partial charge in [0.1, 0.15) is 11.6 Å². The van der Waals surface area contributed by atoms with Crippen molar-refractivity contribution in [1.82, 2.24) is 20.2 Å². The zero-order chi connectivity index (χ0) is 25.2. The molecule has 0 spiro atoms. The lowest BCUT2D eigenvalue weighted by molar-refractivity contribution is -0.134. The second-order valence-corrected chi connectivity index (χ2v) is 9.68. The summed E-state index contributed by atoms with van der Waals surface area (Å²) in [5.41, 5.74) is 1.48. The van der Waals surface area contributed by atoms with E-state index >= 15 is 0 Å². The van der Waals surface area contributed by atoms with Gasteiger partial charge in [0.25, 0.3) is 0 Å². The van der Waals surface area contributed by atoms with E-state index in [9.17, 15) is 9.18 Å². The third-order valence-corrected chi connectivity index (χ3v) is 7.22. The van der Waals surface area contributed by atoms with E-state index in [1.807, 2.05) is 11.9 Å². The summed E-state index contributed by atoms with van der Waals surface area (Å²) in [5, 5.41) is 7.47. The Labute approximate surface area is 214 Å². The summed E-state index contributed by atoms with van der Waals surface area (Å²) in [6, 6.07) is 9.46. The molecule has 2 N–H and O–H groups in total. The van der Waals surface area contributed by atoms with Crippen molar-refractivity contribution in [3.8, 4) is 0 Å². The average Bonchev–Trinajstić information content (AvgIpc) is 3.44. The fourth-order valence-electron chi connectivity index (χ4n) is 4.93. The Morgan fingerprint density at radius 1 is 1.22 bits per heavy atom. The summed E-state index contributed by atoms with van der Waals surface area (Å²) >= 11 is 6.05. The highest BCUT2D eigenvalue weighted by atomic mass is 35.5. The number of fused-ring (bicyclic) bond motifs is 1. The van der Waals surface area contributed by atoms with Crippen molar-refractivity contribution in [3.05, 3.63) is 58.7 Å². The molecule has 2 aromatic carbocycles. The van der Waals surface area contributed by atoms with Crippen LogP contribution in [-0.2, 0) is 4.79 Å². The number of amides is 1. The summed E-state index contributed by atoms with van der Waals surface area (Å²) in [5.74, 6) is 0.719. The second kappa shape index (κ2) is 10.2. The molecule has 8 nitrogen and oxygen atoms in total. The van der Waals surface area contributed by atoms with Gasteiger partial charge in [-0.25, -0.2) is 14.2 Å². The number of nitrogens with one attached hydrogen (secondary N) is 2. The van der Waals surface area contributed by atoms with Crippen LogP contribution in [0.2, 0.25) is 5.02 Å². The first-order valence-corrected chi connectivity index (χ1v) is 12.5. The standard InChI is InChI=1S/C26H27ClFN7O/c1-29-23-14-16(27)5-7-21(23)31-24-19-15-17(28)6-8-20(19)32-26(33-24)35-12-9-18(10-13-35)34(2)25(36)22-4-3-11-30-22/h5-8,14-15,18,22,30H,3-4,9-13H2,2H3,(H,31,32,33). The van der Waals surface area contributed by atoms with Gasteiger partial charge in [-0.3, -0.25) is 4.79 Å². The maximum atomic E-state index is 14.1. The van der Waals surface area contributed by atoms with Crippen LogP contribution in [0.3, 0.4) is 0 Å². The fourth-order valence-corrected chi connectivity index (χ4v) is 5.10. The van der Waals surface area contributed by atoms with Gasteiger partial charge in [-0.1, -0.05) is 11.6 Å². The van der Waals surface area contributed by atoms with E-state index in [-0.39, 0.29) is 18.0 Å². The van der Waals surface area contributed by atoms with Crippen LogP contribution in [0.4, 0.5) is 27.5 Å².